The Balaban J connectivity index is 3.02. The molecule has 0 bridgehead atoms. The highest BCUT2D eigenvalue weighted by atomic mass is 16.4. The summed E-state index contributed by atoms with van der Waals surface area (Å²) in [7, 11) is -1.42. The van der Waals surface area contributed by atoms with Crippen LogP contribution in [0.5, 0.6) is 0 Å². The molecule has 0 unspecified atom stereocenters. The molecule has 1 aromatic carbocycles. The first-order valence-corrected chi connectivity index (χ1v) is 3.39. The van der Waals surface area contributed by atoms with E-state index in [0.29, 0.717) is 12.0 Å². The van der Waals surface area contributed by atoms with E-state index in [0.717, 1.165) is 5.56 Å². The van der Waals surface area contributed by atoms with Crippen LogP contribution < -0.4 is 11.2 Å². The van der Waals surface area contributed by atoms with Gasteiger partial charge in [0.15, 0.2) is 0 Å². The fourth-order valence-corrected chi connectivity index (χ4v) is 0.972. The summed E-state index contributed by atoms with van der Waals surface area (Å²) >= 11 is 0. The number of benzene rings is 1. The van der Waals surface area contributed by atoms with Crippen LogP contribution in [0.25, 0.3) is 0 Å². The first-order valence-electron chi connectivity index (χ1n) is 3.39. The van der Waals surface area contributed by atoms with Gasteiger partial charge in [0.1, 0.15) is 0 Å². The van der Waals surface area contributed by atoms with Crippen molar-refractivity contribution in [3.8, 4) is 0 Å². The van der Waals surface area contributed by atoms with Crippen molar-refractivity contribution in [1.29, 1.82) is 0 Å². The molecule has 0 aliphatic rings. The fourth-order valence-electron chi connectivity index (χ4n) is 0.972. The third kappa shape index (κ3) is 1.80. The molecular formula is C7H10BNO2. The van der Waals surface area contributed by atoms with Crippen molar-refractivity contribution in [2.75, 3.05) is 0 Å². The zero-order chi connectivity index (χ0) is 8.27. The van der Waals surface area contributed by atoms with E-state index in [4.69, 9.17) is 15.8 Å². The molecule has 0 atom stereocenters. The fraction of sp³-hybridized carbons (Fsp3) is 0.143. The number of hydrogen-bond donors (Lipinski definition) is 3. The minimum atomic E-state index is -1.42. The molecule has 0 spiro atoms. The maximum atomic E-state index is 8.84. The lowest BCUT2D eigenvalue weighted by molar-refractivity contribution is 0.425. The third-order valence-corrected chi connectivity index (χ3v) is 1.55. The van der Waals surface area contributed by atoms with Gasteiger partial charge in [-0.2, -0.15) is 0 Å². The summed E-state index contributed by atoms with van der Waals surface area (Å²) in [5.74, 6) is 0. The molecule has 4 heteroatoms. The average molecular weight is 151 g/mol. The number of rotatable bonds is 2. The minimum Gasteiger partial charge on any atom is -0.423 e. The summed E-state index contributed by atoms with van der Waals surface area (Å²) in [4.78, 5) is 0. The van der Waals surface area contributed by atoms with Crippen molar-refractivity contribution in [2.45, 2.75) is 6.54 Å². The highest BCUT2D eigenvalue weighted by Gasteiger charge is 2.13. The average Bonchev–Trinajstić information content (AvgIpc) is 2.04. The van der Waals surface area contributed by atoms with Gasteiger partial charge in [0, 0.05) is 6.54 Å². The van der Waals surface area contributed by atoms with E-state index in [-0.39, 0.29) is 0 Å². The Bertz CT molecular complexity index is 240. The summed E-state index contributed by atoms with van der Waals surface area (Å²) in [6.07, 6.45) is 0. The standard InChI is InChI=1S/C7H10BNO2/c9-5-6-3-1-2-4-7(6)8(10)11/h1-4,10-11H,5,9H2. The normalized spacial score (nSPS) is 9.73. The Labute approximate surface area is 65.6 Å². The second-order valence-corrected chi connectivity index (χ2v) is 2.28. The summed E-state index contributed by atoms with van der Waals surface area (Å²) in [6, 6.07) is 6.98. The molecule has 0 aliphatic carbocycles. The van der Waals surface area contributed by atoms with Gasteiger partial charge in [-0.1, -0.05) is 24.3 Å². The highest BCUT2D eigenvalue weighted by molar-refractivity contribution is 6.59. The van der Waals surface area contributed by atoms with Crippen LogP contribution in [0.4, 0.5) is 0 Å². The van der Waals surface area contributed by atoms with Gasteiger partial charge in [0.2, 0.25) is 0 Å². The molecular weight excluding hydrogens is 141 g/mol. The molecule has 0 aromatic heterocycles. The first kappa shape index (κ1) is 8.26. The summed E-state index contributed by atoms with van der Waals surface area (Å²) in [5, 5.41) is 17.7. The van der Waals surface area contributed by atoms with Crippen molar-refractivity contribution in [1.82, 2.24) is 0 Å². The number of nitrogens with two attached hydrogens (primary N) is 1. The van der Waals surface area contributed by atoms with Crippen molar-refractivity contribution >= 4 is 12.6 Å². The largest absolute Gasteiger partial charge is 0.488 e. The van der Waals surface area contributed by atoms with Crippen LogP contribution >= 0.6 is 0 Å². The van der Waals surface area contributed by atoms with E-state index in [9.17, 15) is 0 Å². The van der Waals surface area contributed by atoms with Crippen LogP contribution in [0, 0.1) is 0 Å². The van der Waals surface area contributed by atoms with Crippen LogP contribution in [-0.4, -0.2) is 17.2 Å². The molecule has 3 nitrogen and oxygen atoms in total. The van der Waals surface area contributed by atoms with E-state index >= 15 is 0 Å². The summed E-state index contributed by atoms with van der Waals surface area (Å²) in [6.45, 7) is 0.327. The van der Waals surface area contributed by atoms with E-state index < -0.39 is 7.12 Å². The molecule has 0 heterocycles. The third-order valence-electron chi connectivity index (χ3n) is 1.55. The lowest BCUT2D eigenvalue weighted by Crippen LogP contribution is -2.33. The van der Waals surface area contributed by atoms with Gasteiger partial charge in [-0.25, -0.2) is 0 Å². The zero-order valence-electron chi connectivity index (χ0n) is 6.07. The lowest BCUT2D eigenvalue weighted by Gasteiger charge is -2.04. The lowest BCUT2D eigenvalue weighted by atomic mass is 9.77. The minimum absolute atomic E-state index is 0.327. The number of hydrogen-bond acceptors (Lipinski definition) is 3. The summed E-state index contributed by atoms with van der Waals surface area (Å²) < 4.78 is 0. The molecule has 1 aromatic rings. The Morgan fingerprint density at radius 3 is 2.36 bits per heavy atom. The molecule has 0 saturated heterocycles. The highest BCUT2D eigenvalue weighted by Crippen LogP contribution is 1.94. The van der Waals surface area contributed by atoms with Crippen molar-refractivity contribution < 1.29 is 10.0 Å². The van der Waals surface area contributed by atoms with Crippen molar-refractivity contribution in [3.63, 3.8) is 0 Å². The molecule has 58 valence electrons. The van der Waals surface area contributed by atoms with Crippen molar-refractivity contribution in [2.24, 2.45) is 5.73 Å². The molecule has 0 saturated carbocycles. The predicted molar refractivity (Wildman–Crippen MR) is 44.2 cm³/mol. The molecule has 4 N–H and O–H groups in total. The van der Waals surface area contributed by atoms with E-state index in [1.807, 2.05) is 6.07 Å². The van der Waals surface area contributed by atoms with Gasteiger partial charge in [0.05, 0.1) is 0 Å². The van der Waals surface area contributed by atoms with Gasteiger partial charge in [0.25, 0.3) is 0 Å². The quantitative estimate of drug-likeness (QED) is 0.466. The first-order chi connectivity index (χ1) is 5.25. The van der Waals surface area contributed by atoms with Crippen LogP contribution in [0.1, 0.15) is 5.56 Å². The van der Waals surface area contributed by atoms with Gasteiger partial charge in [-0.15, -0.1) is 0 Å². The van der Waals surface area contributed by atoms with E-state index in [2.05, 4.69) is 0 Å². The van der Waals surface area contributed by atoms with Crippen LogP contribution in [-0.2, 0) is 6.54 Å². The maximum absolute atomic E-state index is 8.84. The molecule has 0 radical (unpaired) electrons. The van der Waals surface area contributed by atoms with Gasteiger partial charge >= 0.3 is 7.12 Å². The zero-order valence-corrected chi connectivity index (χ0v) is 6.07. The smallest absolute Gasteiger partial charge is 0.423 e. The molecule has 11 heavy (non-hydrogen) atoms. The Morgan fingerprint density at radius 2 is 1.91 bits per heavy atom. The van der Waals surface area contributed by atoms with E-state index in [1.54, 1.807) is 18.2 Å². The van der Waals surface area contributed by atoms with Gasteiger partial charge < -0.3 is 15.8 Å². The molecule has 0 amide bonds. The molecule has 0 fully saturated rings. The van der Waals surface area contributed by atoms with Crippen LogP contribution in [0.15, 0.2) is 24.3 Å². The maximum Gasteiger partial charge on any atom is 0.488 e. The predicted octanol–water partition coefficient (Wildman–Crippen LogP) is -1.17. The van der Waals surface area contributed by atoms with Gasteiger partial charge in [-0.3, -0.25) is 0 Å². The Kier molecular flexibility index (Phi) is 2.65. The van der Waals surface area contributed by atoms with Crippen LogP contribution in [0.2, 0.25) is 0 Å². The van der Waals surface area contributed by atoms with Crippen LogP contribution in [0.3, 0.4) is 0 Å². The van der Waals surface area contributed by atoms with Gasteiger partial charge in [-0.05, 0) is 11.0 Å². The topological polar surface area (TPSA) is 66.5 Å². The Morgan fingerprint density at radius 1 is 1.27 bits per heavy atom. The summed E-state index contributed by atoms with van der Waals surface area (Å²) in [5.41, 5.74) is 6.61. The molecule has 0 aliphatic heterocycles. The van der Waals surface area contributed by atoms with E-state index in [1.165, 1.54) is 0 Å². The Hall–Kier alpha value is -0.835. The van der Waals surface area contributed by atoms with Crippen molar-refractivity contribution in [3.05, 3.63) is 29.8 Å². The second kappa shape index (κ2) is 3.53. The molecule has 1 rings (SSSR count). The second-order valence-electron chi connectivity index (χ2n) is 2.28. The SMILES string of the molecule is NCc1ccccc1B(O)O. The monoisotopic (exact) mass is 151 g/mol.